The summed E-state index contributed by atoms with van der Waals surface area (Å²) in [7, 11) is 3.93. The van der Waals surface area contributed by atoms with Gasteiger partial charge in [0.05, 0.1) is 21.3 Å². The van der Waals surface area contributed by atoms with Gasteiger partial charge in [-0.2, -0.15) is 0 Å². The number of nitrogen functional groups attached to an aromatic ring is 1. The Kier molecular flexibility index (Phi) is 6.43. The van der Waals surface area contributed by atoms with E-state index in [0.717, 1.165) is 0 Å². The van der Waals surface area contributed by atoms with Gasteiger partial charge in [-0.05, 0) is 42.0 Å². The van der Waals surface area contributed by atoms with E-state index in [1.807, 2.05) is 0 Å². The quantitative estimate of drug-likeness (QED) is 0.306. The molecule has 5 N–H and O–H groups in total. The number of hydrogen-bond acceptors (Lipinski definition) is 7. The maximum Gasteiger partial charge on any atom is 0.339 e. The average molecular weight is 387 g/mol. The third-order valence-corrected chi connectivity index (χ3v) is 4.01. The highest BCUT2D eigenvalue weighted by molar-refractivity contribution is 5.95. The molecule has 0 fully saturated rings. The van der Waals surface area contributed by atoms with E-state index in [1.165, 1.54) is 33.5 Å². The number of hydrogen-bond donors (Lipinski definition) is 4. The van der Waals surface area contributed by atoms with Crippen LogP contribution in [0.4, 0.5) is 5.69 Å². The SMILES string of the molecule is COC(=O)C(Nc1ccc(C(=N)N)cc1)c1cc(OC)c(OC)c(C(=O)O)c1. The lowest BCUT2D eigenvalue weighted by Gasteiger charge is -2.20. The molecule has 9 nitrogen and oxygen atoms in total. The van der Waals surface area contributed by atoms with Gasteiger partial charge in [-0.1, -0.05) is 0 Å². The van der Waals surface area contributed by atoms with Crippen LogP contribution in [0, 0.1) is 5.41 Å². The molecule has 9 heteroatoms. The summed E-state index contributed by atoms with van der Waals surface area (Å²) in [4.78, 5) is 24.0. The minimum absolute atomic E-state index is 0.0492. The third-order valence-electron chi connectivity index (χ3n) is 4.01. The second-order valence-corrected chi connectivity index (χ2v) is 5.70. The molecule has 0 spiro atoms. The van der Waals surface area contributed by atoms with E-state index < -0.39 is 18.0 Å². The second kappa shape index (κ2) is 8.76. The monoisotopic (exact) mass is 387 g/mol. The van der Waals surface area contributed by atoms with Gasteiger partial charge in [0.1, 0.15) is 11.4 Å². The highest BCUT2D eigenvalue weighted by Crippen LogP contribution is 2.35. The van der Waals surface area contributed by atoms with Crippen molar-refractivity contribution in [3.8, 4) is 11.5 Å². The molecule has 28 heavy (non-hydrogen) atoms. The summed E-state index contributed by atoms with van der Waals surface area (Å²) in [5.74, 6) is -1.72. The first-order valence-corrected chi connectivity index (χ1v) is 8.10. The van der Waals surface area contributed by atoms with Crippen LogP contribution in [0.2, 0.25) is 0 Å². The molecule has 0 aromatic heterocycles. The molecular weight excluding hydrogens is 366 g/mol. The summed E-state index contributed by atoms with van der Waals surface area (Å²) in [6.45, 7) is 0. The molecule has 0 aliphatic rings. The predicted octanol–water partition coefficient (Wildman–Crippen LogP) is 2.01. The fourth-order valence-electron chi connectivity index (χ4n) is 2.62. The Morgan fingerprint density at radius 1 is 1.11 bits per heavy atom. The zero-order chi connectivity index (χ0) is 20.8. The fourth-order valence-corrected chi connectivity index (χ4v) is 2.62. The number of nitrogens with two attached hydrogens (primary N) is 1. The zero-order valence-corrected chi connectivity index (χ0v) is 15.6. The van der Waals surface area contributed by atoms with Gasteiger partial charge in [0.15, 0.2) is 17.5 Å². The molecule has 0 heterocycles. The number of esters is 1. The van der Waals surface area contributed by atoms with Gasteiger partial charge in [0, 0.05) is 11.3 Å². The molecule has 1 unspecified atom stereocenters. The minimum atomic E-state index is -1.23. The number of rotatable bonds is 8. The Morgan fingerprint density at radius 3 is 2.21 bits per heavy atom. The summed E-state index contributed by atoms with van der Waals surface area (Å²) in [6.07, 6.45) is 0. The minimum Gasteiger partial charge on any atom is -0.493 e. The first-order chi connectivity index (χ1) is 13.3. The van der Waals surface area contributed by atoms with Crippen molar-refractivity contribution in [1.82, 2.24) is 0 Å². The summed E-state index contributed by atoms with van der Waals surface area (Å²) in [6, 6.07) is 8.35. The molecule has 0 saturated carbocycles. The zero-order valence-electron chi connectivity index (χ0n) is 15.6. The van der Waals surface area contributed by atoms with Crippen LogP contribution in [0.5, 0.6) is 11.5 Å². The highest BCUT2D eigenvalue weighted by atomic mass is 16.5. The summed E-state index contributed by atoms with van der Waals surface area (Å²) in [5.41, 5.74) is 6.68. The van der Waals surface area contributed by atoms with Crippen LogP contribution in [0.15, 0.2) is 36.4 Å². The van der Waals surface area contributed by atoms with Crippen LogP contribution in [-0.2, 0) is 9.53 Å². The van der Waals surface area contributed by atoms with E-state index >= 15 is 0 Å². The maximum absolute atomic E-state index is 12.4. The van der Waals surface area contributed by atoms with Crippen molar-refractivity contribution in [2.75, 3.05) is 26.6 Å². The lowest BCUT2D eigenvalue weighted by atomic mass is 10.0. The van der Waals surface area contributed by atoms with E-state index in [2.05, 4.69) is 5.32 Å². The van der Waals surface area contributed by atoms with E-state index in [4.69, 9.17) is 25.4 Å². The van der Waals surface area contributed by atoms with Gasteiger partial charge in [-0.25, -0.2) is 9.59 Å². The van der Waals surface area contributed by atoms with Gasteiger partial charge in [-0.15, -0.1) is 0 Å². The van der Waals surface area contributed by atoms with Crippen molar-refractivity contribution >= 4 is 23.5 Å². The smallest absolute Gasteiger partial charge is 0.339 e. The summed E-state index contributed by atoms with van der Waals surface area (Å²) >= 11 is 0. The van der Waals surface area contributed by atoms with E-state index in [-0.39, 0.29) is 22.9 Å². The third kappa shape index (κ3) is 4.32. The van der Waals surface area contributed by atoms with Crippen molar-refractivity contribution in [3.05, 3.63) is 53.1 Å². The Labute approximate surface area is 161 Å². The number of anilines is 1. The standard InChI is InChI=1S/C19H21N3O6/c1-26-14-9-11(8-13(18(23)24)16(14)27-2)15(19(25)28-3)22-12-6-4-10(5-7-12)17(20)21/h4-9,15,22H,1-3H3,(H3,20,21)(H,23,24). The van der Waals surface area contributed by atoms with Gasteiger partial charge < -0.3 is 30.4 Å². The second-order valence-electron chi connectivity index (χ2n) is 5.70. The molecule has 2 aromatic rings. The van der Waals surface area contributed by atoms with Gasteiger partial charge in [-0.3, -0.25) is 5.41 Å². The van der Waals surface area contributed by atoms with E-state index in [0.29, 0.717) is 16.8 Å². The molecule has 0 amide bonds. The van der Waals surface area contributed by atoms with Gasteiger partial charge in [0.25, 0.3) is 0 Å². The normalized spacial score (nSPS) is 11.2. The highest BCUT2D eigenvalue weighted by Gasteiger charge is 2.26. The van der Waals surface area contributed by atoms with Crippen LogP contribution in [-0.4, -0.2) is 44.2 Å². The molecule has 0 bridgehead atoms. The largest absolute Gasteiger partial charge is 0.493 e. The van der Waals surface area contributed by atoms with E-state index in [9.17, 15) is 14.7 Å². The van der Waals surface area contributed by atoms with Crippen molar-refractivity contribution in [3.63, 3.8) is 0 Å². The van der Waals surface area contributed by atoms with Crippen LogP contribution in [0.1, 0.15) is 27.5 Å². The number of carboxylic acids is 1. The molecular formula is C19H21N3O6. The van der Waals surface area contributed by atoms with Crippen molar-refractivity contribution in [2.24, 2.45) is 5.73 Å². The number of carbonyl (C=O) groups is 2. The van der Waals surface area contributed by atoms with Crippen LogP contribution in [0.3, 0.4) is 0 Å². The van der Waals surface area contributed by atoms with Gasteiger partial charge in [0.2, 0.25) is 0 Å². The first kappa shape index (κ1) is 20.6. The molecule has 0 aliphatic heterocycles. The number of aromatic carboxylic acids is 1. The molecule has 1 atom stereocenters. The van der Waals surface area contributed by atoms with Crippen LogP contribution >= 0.6 is 0 Å². The molecule has 0 saturated heterocycles. The predicted molar refractivity (Wildman–Crippen MR) is 102 cm³/mol. The Bertz CT molecular complexity index is 895. The van der Waals surface area contributed by atoms with Crippen molar-refractivity contribution < 1.29 is 28.9 Å². The number of carboxylic acid groups (broad SMARTS) is 1. The average Bonchev–Trinajstić information content (AvgIpc) is 2.70. The number of ether oxygens (including phenoxy) is 3. The maximum atomic E-state index is 12.4. The lowest BCUT2D eigenvalue weighted by Crippen LogP contribution is -2.23. The van der Waals surface area contributed by atoms with Crippen molar-refractivity contribution in [1.29, 1.82) is 5.41 Å². The lowest BCUT2D eigenvalue weighted by molar-refractivity contribution is -0.141. The number of methoxy groups -OCH3 is 3. The molecule has 0 radical (unpaired) electrons. The van der Waals surface area contributed by atoms with Gasteiger partial charge >= 0.3 is 11.9 Å². The number of carbonyl (C=O) groups excluding carboxylic acids is 1. The summed E-state index contributed by atoms with van der Waals surface area (Å²) in [5, 5.41) is 19.9. The van der Waals surface area contributed by atoms with E-state index in [1.54, 1.807) is 24.3 Å². The van der Waals surface area contributed by atoms with Crippen LogP contribution in [0.25, 0.3) is 0 Å². The van der Waals surface area contributed by atoms with Crippen molar-refractivity contribution in [2.45, 2.75) is 6.04 Å². The Morgan fingerprint density at radius 2 is 1.75 bits per heavy atom. The molecule has 2 aromatic carbocycles. The first-order valence-electron chi connectivity index (χ1n) is 8.10. The fraction of sp³-hybridized carbons (Fsp3) is 0.211. The molecule has 0 aliphatic carbocycles. The molecule has 148 valence electrons. The summed E-state index contributed by atoms with van der Waals surface area (Å²) < 4.78 is 15.2. The topological polar surface area (TPSA) is 144 Å². The Balaban J connectivity index is 2.50. The number of nitrogens with one attached hydrogen (secondary N) is 2. The Hall–Kier alpha value is -3.75. The number of benzene rings is 2. The molecule has 2 rings (SSSR count). The number of amidine groups is 1. The van der Waals surface area contributed by atoms with Crippen LogP contribution < -0.4 is 20.5 Å².